The Hall–Kier alpha value is -1.60. The van der Waals surface area contributed by atoms with Crippen LogP contribution in [0, 0.1) is 11.3 Å². The van der Waals surface area contributed by atoms with Crippen LogP contribution in [-0.2, 0) is 11.0 Å². The third-order valence-electron chi connectivity index (χ3n) is 7.28. The van der Waals surface area contributed by atoms with Crippen molar-refractivity contribution in [1.82, 2.24) is 15.1 Å². The maximum atomic E-state index is 13.3. The summed E-state index contributed by atoms with van der Waals surface area (Å²) in [7, 11) is 0. The smallest absolute Gasteiger partial charge is 0.337 e. The van der Waals surface area contributed by atoms with Crippen molar-refractivity contribution >= 4 is 5.91 Å². The van der Waals surface area contributed by atoms with Crippen LogP contribution < -0.4 is 5.32 Å². The van der Waals surface area contributed by atoms with E-state index >= 15 is 0 Å². The highest BCUT2D eigenvalue weighted by atomic mass is 19.4. The van der Waals surface area contributed by atoms with E-state index in [0.717, 1.165) is 57.4 Å². The lowest BCUT2D eigenvalue weighted by molar-refractivity contribution is -0.141. The fourth-order valence-corrected chi connectivity index (χ4v) is 5.30. The molecule has 186 valence electrons. The molecule has 2 atom stereocenters. The number of benzene rings is 1. The molecule has 2 fully saturated rings. The number of nitrogens with one attached hydrogen (secondary N) is 1. The summed E-state index contributed by atoms with van der Waals surface area (Å²) in [5, 5.41) is 3.36. The van der Waals surface area contributed by atoms with Crippen LogP contribution >= 0.6 is 0 Å². The average molecular weight is 468 g/mol. The highest BCUT2D eigenvalue weighted by molar-refractivity contribution is 5.77. The van der Waals surface area contributed by atoms with Crippen LogP contribution in [0.15, 0.2) is 24.3 Å². The molecule has 0 bridgehead atoms. The van der Waals surface area contributed by atoms with E-state index in [9.17, 15) is 18.0 Å². The van der Waals surface area contributed by atoms with Crippen molar-refractivity contribution in [2.75, 3.05) is 32.7 Å². The molecule has 0 saturated carbocycles. The molecule has 0 aliphatic carbocycles. The quantitative estimate of drug-likeness (QED) is 0.601. The Morgan fingerprint density at radius 2 is 1.73 bits per heavy atom. The van der Waals surface area contributed by atoms with Crippen LogP contribution in [0.3, 0.4) is 0 Å². The van der Waals surface area contributed by atoms with E-state index in [-0.39, 0.29) is 23.4 Å². The van der Waals surface area contributed by atoms with Gasteiger partial charge in [0.15, 0.2) is 0 Å². The first-order valence-electron chi connectivity index (χ1n) is 12.4. The minimum atomic E-state index is -4.32. The zero-order valence-corrected chi connectivity index (χ0v) is 20.5. The van der Waals surface area contributed by atoms with E-state index in [1.165, 1.54) is 12.1 Å². The lowest BCUT2D eigenvalue weighted by Gasteiger charge is -2.49. The Morgan fingerprint density at radius 3 is 2.27 bits per heavy atom. The van der Waals surface area contributed by atoms with Gasteiger partial charge in [-0.2, -0.15) is 13.2 Å². The molecule has 2 saturated heterocycles. The molecule has 0 radical (unpaired) electrons. The Balaban J connectivity index is 1.76. The van der Waals surface area contributed by atoms with Gasteiger partial charge in [-0.3, -0.25) is 9.69 Å². The van der Waals surface area contributed by atoms with Crippen molar-refractivity contribution in [3.8, 4) is 0 Å². The number of alkyl halides is 3. The van der Waals surface area contributed by atoms with Crippen molar-refractivity contribution in [3.05, 3.63) is 35.4 Å². The number of carbonyl (C=O) groups excluding carboxylic acids is 1. The largest absolute Gasteiger partial charge is 0.416 e. The van der Waals surface area contributed by atoms with Gasteiger partial charge in [-0.05, 0) is 61.4 Å². The molecule has 3 rings (SSSR count). The van der Waals surface area contributed by atoms with Crippen molar-refractivity contribution in [3.63, 3.8) is 0 Å². The number of piperidine rings is 1. The van der Waals surface area contributed by atoms with Gasteiger partial charge in [0, 0.05) is 38.1 Å². The van der Waals surface area contributed by atoms with E-state index in [2.05, 4.69) is 42.8 Å². The van der Waals surface area contributed by atoms with Crippen molar-refractivity contribution in [2.24, 2.45) is 11.3 Å². The van der Waals surface area contributed by atoms with E-state index in [1.807, 2.05) is 0 Å². The molecule has 2 aliphatic heterocycles. The number of piperazine rings is 1. The average Bonchev–Trinajstić information content (AvgIpc) is 2.77. The zero-order chi connectivity index (χ0) is 24.2. The first-order chi connectivity index (χ1) is 15.5. The van der Waals surface area contributed by atoms with Gasteiger partial charge in [0.2, 0.25) is 5.91 Å². The van der Waals surface area contributed by atoms with Crippen LogP contribution in [0.1, 0.15) is 77.0 Å². The van der Waals surface area contributed by atoms with Gasteiger partial charge in [0.1, 0.15) is 0 Å². The Bertz CT molecular complexity index is 766. The van der Waals surface area contributed by atoms with Crippen molar-refractivity contribution < 1.29 is 18.0 Å². The fraction of sp³-hybridized carbons (Fsp3) is 0.731. The summed E-state index contributed by atoms with van der Waals surface area (Å²) in [5.41, 5.74) is 0.230. The molecule has 2 aliphatic rings. The number of carbonyl (C=O) groups is 1. The second-order valence-corrected chi connectivity index (χ2v) is 10.8. The maximum Gasteiger partial charge on any atom is 0.416 e. The lowest BCUT2D eigenvalue weighted by atomic mass is 9.82. The molecule has 1 N–H and O–H groups in total. The summed E-state index contributed by atoms with van der Waals surface area (Å²) in [5.74, 6) is 0.709. The topological polar surface area (TPSA) is 35.6 Å². The van der Waals surface area contributed by atoms with Crippen LogP contribution in [0.4, 0.5) is 13.2 Å². The highest BCUT2D eigenvalue weighted by Crippen LogP contribution is 2.36. The van der Waals surface area contributed by atoms with Gasteiger partial charge in [-0.25, -0.2) is 0 Å². The van der Waals surface area contributed by atoms with Crippen molar-refractivity contribution in [2.45, 2.75) is 78.1 Å². The Morgan fingerprint density at radius 1 is 1.09 bits per heavy atom. The third-order valence-corrected chi connectivity index (χ3v) is 7.28. The SMILES string of the molecule is CCCC(c1ccc(C(F)(F)F)cc1)N1CCN(C(=O)CC2CCNCC2)[C@@H](C(C)(C)C)C1. The number of halogens is 3. The van der Waals surface area contributed by atoms with Crippen LogP contribution in [0.25, 0.3) is 0 Å². The number of hydrogen-bond donors (Lipinski definition) is 1. The molecule has 0 aromatic heterocycles. The molecule has 7 heteroatoms. The number of hydrogen-bond acceptors (Lipinski definition) is 3. The lowest BCUT2D eigenvalue weighted by Crippen LogP contribution is -2.60. The second kappa shape index (κ2) is 10.8. The summed E-state index contributed by atoms with van der Waals surface area (Å²) < 4.78 is 39.1. The monoisotopic (exact) mass is 467 g/mol. The number of nitrogens with zero attached hydrogens (tertiary/aromatic N) is 2. The van der Waals surface area contributed by atoms with Gasteiger partial charge in [0.05, 0.1) is 5.56 Å². The standard InChI is InChI=1S/C26H40F3N3O/c1-5-6-22(20-7-9-21(10-8-20)26(27,28)29)31-15-16-32(23(18-31)25(2,3)4)24(33)17-19-11-13-30-14-12-19/h7-10,19,22-23,30H,5-6,11-18H2,1-4H3/t22?,23-/m1/s1. The van der Waals surface area contributed by atoms with E-state index in [0.29, 0.717) is 18.9 Å². The summed E-state index contributed by atoms with van der Waals surface area (Å²) in [6, 6.07) is 5.78. The van der Waals surface area contributed by atoms with Gasteiger partial charge in [-0.15, -0.1) is 0 Å². The highest BCUT2D eigenvalue weighted by Gasteiger charge is 2.40. The summed E-state index contributed by atoms with van der Waals surface area (Å²) in [4.78, 5) is 17.8. The molecule has 2 heterocycles. The Labute approximate surface area is 196 Å². The first-order valence-corrected chi connectivity index (χ1v) is 12.4. The first kappa shape index (κ1) is 26.0. The molecule has 1 aromatic rings. The fourth-order valence-electron chi connectivity index (χ4n) is 5.30. The molecular formula is C26H40F3N3O. The summed E-state index contributed by atoms with van der Waals surface area (Å²) in [6.07, 6.45) is 0.227. The minimum Gasteiger partial charge on any atom is -0.337 e. The molecule has 1 unspecified atom stereocenters. The van der Waals surface area contributed by atoms with Gasteiger partial charge in [0.25, 0.3) is 0 Å². The van der Waals surface area contributed by atoms with E-state index in [1.54, 1.807) is 12.1 Å². The second-order valence-electron chi connectivity index (χ2n) is 10.8. The summed E-state index contributed by atoms with van der Waals surface area (Å²) in [6.45, 7) is 12.8. The van der Waals surface area contributed by atoms with Crippen LogP contribution in [0.2, 0.25) is 0 Å². The van der Waals surface area contributed by atoms with Gasteiger partial charge < -0.3 is 10.2 Å². The van der Waals surface area contributed by atoms with Crippen molar-refractivity contribution in [1.29, 1.82) is 0 Å². The molecule has 1 aromatic carbocycles. The molecule has 4 nitrogen and oxygen atoms in total. The molecular weight excluding hydrogens is 427 g/mol. The van der Waals surface area contributed by atoms with E-state index in [4.69, 9.17) is 0 Å². The molecule has 33 heavy (non-hydrogen) atoms. The minimum absolute atomic E-state index is 0.0591. The predicted molar refractivity (Wildman–Crippen MR) is 126 cm³/mol. The summed E-state index contributed by atoms with van der Waals surface area (Å²) >= 11 is 0. The number of rotatable bonds is 6. The third kappa shape index (κ3) is 6.72. The maximum absolute atomic E-state index is 13.3. The van der Waals surface area contributed by atoms with E-state index < -0.39 is 11.7 Å². The van der Waals surface area contributed by atoms with Gasteiger partial charge in [-0.1, -0.05) is 46.2 Å². The molecule has 1 amide bonds. The molecule has 0 spiro atoms. The van der Waals surface area contributed by atoms with Gasteiger partial charge >= 0.3 is 6.18 Å². The van der Waals surface area contributed by atoms with Crippen LogP contribution in [0.5, 0.6) is 0 Å². The zero-order valence-electron chi connectivity index (χ0n) is 20.5. The predicted octanol–water partition coefficient (Wildman–Crippen LogP) is 5.50. The normalized spacial score (nSPS) is 22.4. The Kier molecular flexibility index (Phi) is 8.49. The number of amides is 1. The van der Waals surface area contributed by atoms with Crippen LogP contribution in [-0.4, -0.2) is 54.5 Å².